The Hall–Kier alpha value is -3.17. The summed E-state index contributed by atoms with van der Waals surface area (Å²) in [4.78, 5) is 31.6. The molecule has 2 aromatic carbocycles. The zero-order valence-electron chi connectivity index (χ0n) is 18.9. The largest absolute Gasteiger partial charge is 0.361 e. The summed E-state index contributed by atoms with van der Waals surface area (Å²) in [5.41, 5.74) is 2.90. The van der Waals surface area contributed by atoms with Gasteiger partial charge in [0.05, 0.1) is 4.90 Å². The molecule has 34 heavy (non-hydrogen) atoms. The number of aromatic amines is 1. The monoisotopic (exact) mass is 480 g/mol. The number of nitrogens with zero attached hydrogens (tertiary/aromatic N) is 3. The second-order valence-electron chi connectivity index (χ2n) is 8.79. The lowest BCUT2D eigenvalue weighted by molar-refractivity contribution is -0.132. The number of benzene rings is 2. The van der Waals surface area contributed by atoms with Crippen molar-refractivity contribution in [2.75, 3.05) is 37.6 Å². The molecule has 9 heteroatoms. The molecule has 0 aliphatic carbocycles. The van der Waals surface area contributed by atoms with E-state index in [9.17, 15) is 18.0 Å². The third-order valence-corrected chi connectivity index (χ3v) is 8.65. The maximum absolute atomic E-state index is 13.1. The van der Waals surface area contributed by atoms with Crippen LogP contribution in [0.2, 0.25) is 0 Å². The lowest BCUT2D eigenvalue weighted by Crippen LogP contribution is -2.50. The number of H-pyrrole nitrogens is 1. The van der Waals surface area contributed by atoms with E-state index in [1.54, 1.807) is 34.1 Å². The molecule has 3 aromatic rings. The number of rotatable bonds is 6. The standard InChI is InChI=1S/C25H28N4O4S/c30-24(12-7-19-18-26-23-5-2-1-4-22(19)23)27-14-16-28(17-15-27)34(32,33)21-10-8-20(9-11-21)29-13-3-6-25(29)31/h1-2,4-5,8-11,18,26H,3,6-7,12-17H2. The Morgan fingerprint density at radius 1 is 0.941 bits per heavy atom. The first-order valence-electron chi connectivity index (χ1n) is 11.7. The highest BCUT2D eigenvalue weighted by molar-refractivity contribution is 7.89. The Morgan fingerprint density at radius 2 is 1.68 bits per heavy atom. The number of anilines is 1. The topological polar surface area (TPSA) is 93.8 Å². The van der Waals surface area contributed by atoms with Gasteiger partial charge in [0.25, 0.3) is 0 Å². The summed E-state index contributed by atoms with van der Waals surface area (Å²) in [5, 5.41) is 1.13. The Labute approximate surface area is 199 Å². The molecule has 1 aromatic heterocycles. The Bertz CT molecular complexity index is 1310. The highest BCUT2D eigenvalue weighted by Gasteiger charge is 2.30. The number of sulfonamides is 1. The SMILES string of the molecule is O=C(CCc1c[nH]c2ccccc12)N1CCN(S(=O)(=O)c2ccc(N3CCCC3=O)cc2)CC1. The number of amides is 2. The minimum absolute atomic E-state index is 0.0435. The first kappa shape index (κ1) is 22.6. The number of fused-ring (bicyclic) bond motifs is 1. The van der Waals surface area contributed by atoms with Crippen molar-refractivity contribution < 1.29 is 18.0 Å². The predicted octanol–water partition coefficient (Wildman–Crippen LogP) is 2.76. The van der Waals surface area contributed by atoms with Crippen molar-refractivity contribution in [1.82, 2.24) is 14.2 Å². The first-order valence-corrected chi connectivity index (χ1v) is 13.1. The summed E-state index contributed by atoms with van der Waals surface area (Å²) in [6.45, 7) is 1.97. The van der Waals surface area contributed by atoms with Crippen LogP contribution in [0, 0.1) is 0 Å². The fourth-order valence-electron chi connectivity index (χ4n) is 4.78. The second-order valence-corrected chi connectivity index (χ2v) is 10.7. The van der Waals surface area contributed by atoms with Crippen molar-refractivity contribution in [2.24, 2.45) is 0 Å². The van der Waals surface area contributed by atoms with Crippen molar-refractivity contribution in [3.8, 4) is 0 Å². The average Bonchev–Trinajstić information content (AvgIpc) is 3.48. The lowest BCUT2D eigenvalue weighted by atomic mass is 10.1. The van der Waals surface area contributed by atoms with Crippen LogP contribution in [0.3, 0.4) is 0 Å². The molecular weight excluding hydrogens is 452 g/mol. The number of hydrogen-bond acceptors (Lipinski definition) is 4. The summed E-state index contributed by atoms with van der Waals surface area (Å²) in [7, 11) is -3.65. The lowest BCUT2D eigenvalue weighted by Gasteiger charge is -2.34. The van der Waals surface area contributed by atoms with Crippen LogP contribution in [-0.2, 0) is 26.0 Å². The Balaban J connectivity index is 1.17. The highest BCUT2D eigenvalue weighted by Crippen LogP contribution is 2.25. The van der Waals surface area contributed by atoms with E-state index in [1.165, 1.54) is 4.31 Å². The van der Waals surface area contributed by atoms with Crippen molar-refractivity contribution in [2.45, 2.75) is 30.6 Å². The van der Waals surface area contributed by atoms with Crippen molar-refractivity contribution in [1.29, 1.82) is 0 Å². The van der Waals surface area contributed by atoms with Gasteiger partial charge in [0.15, 0.2) is 0 Å². The summed E-state index contributed by atoms with van der Waals surface area (Å²) >= 11 is 0. The molecule has 2 aliphatic heterocycles. The molecule has 2 amide bonds. The van der Waals surface area contributed by atoms with Crippen LogP contribution < -0.4 is 4.90 Å². The van der Waals surface area contributed by atoms with Crippen LogP contribution in [-0.4, -0.2) is 67.1 Å². The number of aryl methyl sites for hydroxylation is 1. The molecule has 178 valence electrons. The molecule has 2 saturated heterocycles. The normalized spacial score (nSPS) is 17.6. The second kappa shape index (κ2) is 9.23. The Kier molecular flexibility index (Phi) is 6.14. The van der Waals surface area contributed by atoms with E-state index in [0.29, 0.717) is 38.9 Å². The molecule has 2 aliphatic rings. The molecule has 0 radical (unpaired) electrons. The minimum atomic E-state index is -3.65. The molecule has 1 N–H and O–H groups in total. The van der Waals surface area contributed by atoms with Gasteiger partial charge in [0.1, 0.15) is 0 Å². The number of carbonyl (C=O) groups is 2. The molecule has 0 bridgehead atoms. The summed E-state index contributed by atoms with van der Waals surface area (Å²) in [5.74, 6) is 0.114. The number of hydrogen-bond donors (Lipinski definition) is 1. The van der Waals surface area contributed by atoms with Gasteiger partial charge in [-0.3, -0.25) is 9.59 Å². The molecule has 0 spiro atoms. The van der Waals surface area contributed by atoms with Crippen LogP contribution in [0.5, 0.6) is 0 Å². The minimum Gasteiger partial charge on any atom is -0.361 e. The average molecular weight is 481 g/mol. The molecule has 5 rings (SSSR count). The van der Waals surface area contributed by atoms with Gasteiger partial charge in [0.2, 0.25) is 21.8 Å². The third-order valence-electron chi connectivity index (χ3n) is 6.73. The van der Waals surface area contributed by atoms with Crippen molar-refractivity contribution >= 4 is 38.4 Å². The first-order chi connectivity index (χ1) is 16.4. The maximum atomic E-state index is 13.1. The molecule has 0 unspecified atom stereocenters. The molecule has 0 atom stereocenters. The Morgan fingerprint density at radius 3 is 2.38 bits per heavy atom. The van der Waals surface area contributed by atoms with E-state index in [1.807, 2.05) is 30.5 Å². The van der Waals surface area contributed by atoms with Crippen LogP contribution in [0.25, 0.3) is 10.9 Å². The van der Waals surface area contributed by atoms with Gasteiger partial charge in [-0.1, -0.05) is 18.2 Å². The van der Waals surface area contributed by atoms with Crippen LogP contribution in [0.15, 0.2) is 59.6 Å². The number of aromatic nitrogens is 1. The molecular formula is C25H28N4O4S. The van der Waals surface area contributed by atoms with Crippen molar-refractivity contribution in [3.63, 3.8) is 0 Å². The summed E-state index contributed by atoms with van der Waals surface area (Å²) < 4.78 is 27.6. The van der Waals surface area contributed by atoms with Crippen LogP contribution >= 0.6 is 0 Å². The van der Waals surface area contributed by atoms with Gasteiger partial charge in [0, 0.05) is 68.4 Å². The van der Waals surface area contributed by atoms with E-state index >= 15 is 0 Å². The molecule has 2 fully saturated rings. The highest BCUT2D eigenvalue weighted by atomic mass is 32.2. The molecule has 8 nitrogen and oxygen atoms in total. The maximum Gasteiger partial charge on any atom is 0.243 e. The van der Waals surface area contributed by atoms with Crippen molar-refractivity contribution in [3.05, 3.63) is 60.3 Å². The van der Waals surface area contributed by atoms with E-state index in [4.69, 9.17) is 0 Å². The van der Waals surface area contributed by atoms with E-state index in [2.05, 4.69) is 4.98 Å². The number of nitrogens with one attached hydrogen (secondary N) is 1. The van der Waals surface area contributed by atoms with E-state index < -0.39 is 10.0 Å². The van der Waals surface area contributed by atoms with Gasteiger partial charge < -0.3 is 14.8 Å². The van der Waals surface area contributed by atoms with Gasteiger partial charge in [-0.25, -0.2) is 8.42 Å². The summed E-state index contributed by atoms with van der Waals surface area (Å²) in [6.07, 6.45) is 4.35. The smallest absolute Gasteiger partial charge is 0.243 e. The number of para-hydroxylation sites is 1. The zero-order chi connectivity index (χ0) is 23.7. The zero-order valence-corrected chi connectivity index (χ0v) is 19.8. The van der Waals surface area contributed by atoms with Gasteiger partial charge in [-0.2, -0.15) is 4.31 Å². The van der Waals surface area contributed by atoms with Gasteiger partial charge in [-0.05, 0) is 48.7 Å². The number of piperazine rings is 1. The van der Waals surface area contributed by atoms with Crippen LogP contribution in [0.1, 0.15) is 24.8 Å². The number of carbonyl (C=O) groups excluding carboxylic acids is 2. The quantitative estimate of drug-likeness (QED) is 0.587. The fourth-order valence-corrected chi connectivity index (χ4v) is 6.21. The van der Waals surface area contributed by atoms with E-state index in [0.717, 1.165) is 28.6 Å². The molecule has 0 saturated carbocycles. The van der Waals surface area contributed by atoms with Gasteiger partial charge in [-0.15, -0.1) is 0 Å². The van der Waals surface area contributed by atoms with Crippen LogP contribution in [0.4, 0.5) is 5.69 Å². The van der Waals surface area contributed by atoms with Gasteiger partial charge >= 0.3 is 0 Å². The summed E-state index contributed by atoms with van der Waals surface area (Å²) in [6, 6.07) is 14.5. The predicted molar refractivity (Wildman–Crippen MR) is 130 cm³/mol. The molecule has 3 heterocycles. The third kappa shape index (κ3) is 4.33. The fraction of sp³-hybridized carbons (Fsp3) is 0.360. The van der Waals surface area contributed by atoms with E-state index in [-0.39, 0.29) is 29.8 Å².